The minimum absolute atomic E-state index is 0.799. The first-order chi connectivity index (χ1) is 27.8. The lowest BCUT2D eigenvalue weighted by atomic mass is 9.87. The molecule has 0 aromatic heterocycles. The molecule has 2 heteroatoms. The number of ether oxygens (including phenoxy) is 1. The van der Waals surface area contributed by atoms with Crippen LogP contribution >= 0.6 is 0 Å². The molecule has 0 fully saturated rings. The highest BCUT2D eigenvalue weighted by molar-refractivity contribution is 6.04. The maximum absolute atomic E-state index is 7.01. The summed E-state index contributed by atoms with van der Waals surface area (Å²) in [6.07, 6.45) is 0. The average molecular weight is 716 g/mol. The number of hydrogen-bond acceptors (Lipinski definition) is 2. The molecule has 264 valence electrons. The second-order valence-electron chi connectivity index (χ2n) is 14.1. The third kappa shape index (κ3) is 6.14. The molecule has 0 aliphatic carbocycles. The Labute approximate surface area is 328 Å². The predicted octanol–water partition coefficient (Wildman–Crippen LogP) is 15.3. The maximum atomic E-state index is 7.01. The fourth-order valence-corrected chi connectivity index (χ4v) is 8.03. The average Bonchev–Trinajstić information content (AvgIpc) is 3.28. The number of fused-ring (bicyclic) bond motifs is 6. The maximum Gasteiger partial charge on any atom is 0.135 e. The van der Waals surface area contributed by atoms with E-state index in [0.717, 1.165) is 95.3 Å². The van der Waals surface area contributed by atoms with Crippen LogP contribution in [-0.4, -0.2) is 0 Å². The zero-order valence-electron chi connectivity index (χ0n) is 30.7. The Kier molecular flexibility index (Phi) is 8.55. The second-order valence-corrected chi connectivity index (χ2v) is 14.1. The van der Waals surface area contributed by atoms with E-state index in [1.54, 1.807) is 0 Å². The molecule has 0 atom stereocenters. The Morgan fingerprint density at radius 3 is 1.27 bits per heavy atom. The largest absolute Gasteiger partial charge is 0.456 e. The fraction of sp³-hybridized carbons (Fsp3) is 0. The highest BCUT2D eigenvalue weighted by Gasteiger charge is 2.28. The van der Waals surface area contributed by atoms with Gasteiger partial charge in [0.25, 0.3) is 0 Å². The van der Waals surface area contributed by atoms with Crippen LogP contribution in [0.25, 0.3) is 66.8 Å². The third-order valence-electron chi connectivity index (χ3n) is 10.6. The minimum atomic E-state index is 0.799. The number of benzene rings is 9. The third-order valence-corrected chi connectivity index (χ3v) is 10.6. The fourth-order valence-electron chi connectivity index (χ4n) is 8.03. The number of para-hydroxylation sites is 3. The summed E-state index contributed by atoms with van der Waals surface area (Å²) in [5.41, 5.74) is 16.5. The molecule has 10 rings (SSSR count). The van der Waals surface area contributed by atoms with E-state index < -0.39 is 0 Å². The molecular weight excluding hydrogens is 679 g/mol. The summed E-state index contributed by atoms with van der Waals surface area (Å²) in [6.45, 7) is 0. The molecule has 1 heterocycles. The van der Waals surface area contributed by atoms with Crippen LogP contribution in [0, 0.1) is 0 Å². The van der Waals surface area contributed by atoms with E-state index in [-0.39, 0.29) is 0 Å². The van der Waals surface area contributed by atoms with Gasteiger partial charge < -0.3 is 9.64 Å². The van der Waals surface area contributed by atoms with Gasteiger partial charge in [0.1, 0.15) is 11.5 Å². The number of nitrogens with zero attached hydrogens (tertiary/aromatic N) is 1. The van der Waals surface area contributed by atoms with E-state index in [4.69, 9.17) is 4.74 Å². The van der Waals surface area contributed by atoms with Crippen molar-refractivity contribution in [3.63, 3.8) is 0 Å². The van der Waals surface area contributed by atoms with Gasteiger partial charge in [-0.1, -0.05) is 176 Å². The lowest BCUT2D eigenvalue weighted by molar-refractivity contribution is 0.486. The number of anilines is 3. The quantitative estimate of drug-likeness (QED) is 0.176. The van der Waals surface area contributed by atoms with Crippen LogP contribution in [0.4, 0.5) is 17.1 Å². The van der Waals surface area contributed by atoms with Crippen LogP contribution in [0.15, 0.2) is 224 Å². The van der Waals surface area contributed by atoms with E-state index >= 15 is 0 Å². The smallest absolute Gasteiger partial charge is 0.135 e. The molecular formula is C54H37NO. The Hall–Kier alpha value is -7.42. The molecule has 0 spiro atoms. The van der Waals surface area contributed by atoms with Crippen molar-refractivity contribution in [2.45, 2.75) is 0 Å². The molecule has 0 radical (unpaired) electrons. The van der Waals surface area contributed by atoms with Crippen molar-refractivity contribution in [1.82, 2.24) is 0 Å². The van der Waals surface area contributed by atoms with Gasteiger partial charge in [-0.3, -0.25) is 0 Å². The van der Waals surface area contributed by atoms with Gasteiger partial charge in [-0.05, 0) is 93.0 Å². The first-order valence-corrected chi connectivity index (χ1v) is 19.1. The summed E-state index contributed by atoms with van der Waals surface area (Å²) in [7, 11) is 0. The van der Waals surface area contributed by atoms with E-state index in [9.17, 15) is 0 Å². The Bertz CT molecular complexity index is 2750. The first-order valence-electron chi connectivity index (χ1n) is 19.1. The Morgan fingerprint density at radius 2 is 0.696 bits per heavy atom. The second kappa shape index (κ2) is 14.4. The molecule has 0 N–H and O–H groups in total. The molecule has 0 unspecified atom stereocenters. The molecule has 56 heavy (non-hydrogen) atoms. The summed E-state index contributed by atoms with van der Waals surface area (Å²) in [5, 5.41) is 0. The zero-order valence-corrected chi connectivity index (χ0v) is 30.7. The molecule has 1 aliphatic rings. The lowest BCUT2D eigenvalue weighted by Gasteiger charge is -2.33. The van der Waals surface area contributed by atoms with E-state index in [2.05, 4.69) is 229 Å². The van der Waals surface area contributed by atoms with Crippen LogP contribution in [-0.2, 0) is 0 Å². The normalized spacial score (nSPS) is 11.7. The molecule has 9 aromatic carbocycles. The summed E-state index contributed by atoms with van der Waals surface area (Å²) < 4.78 is 7.01. The van der Waals surface area contributed by atoms with Gasteiger partial charge in [0, 0.05) is 27.9 Å². The first kappa shape index (κ1) is 33.2. The van der Waals surface area contributed by atoms with Crippen molar-refractivity contribution >= 4 is 17.1 Å². The Balaban J connectivity index is 1.39. The highest BCUT2D eigenvalue weighted by atomic mass is 16.5. The summed E-state index contributed by atoms with van der Waals surface area (Å²) in [4.78, 5) is 2.49. The molecule has 0 saturated carbocycles. The van der Waals surface area contributed by atoms with E-state index in [1.807, 2.05) is 0 Å². The van der Waals surface area contributed by atoms with Crippen molar-refractivity contribution in [2.75, 3.05) is 4.90 Å². The van der Waals surface area contributed by atoms with Crippen LogP contribution in [0.3, 0.4) is 0 Å². The highest BCUT2D eigenvalue weighted by Crippen LogP contribution is 2.54. The summed E-state index contributed by atoms with van der Waals surface area (Å²) >= 11 is 0. The molecule has 0 saturated heterocycles. The zero-order chi connectivity index (χ0) is 37.3. The van der Waals surface area contributed by atoms with Gasteiger partial charge >= 0.3 is 0 Å². The lowest BCUT2D eigenvalue weighted by Crippen LogP contribution is -2.14. The van der Waals surface area contributed by atoms with Crippen molar-refractivity contribution < 1.29 is 4.74 Å². The van der Waals surface area contributed by atoms with Gasteiger partial charge in [-0.25, -0.2) is 0 Å². The van der Waals surface area contributed by atoms with Crippen molar-refractivity contribution in [1.29, 1.82) is 0 Å². The summed E-state index contributed by atoms with van der Waals surface area (Å²) in [6, 6.07) is 80.2. The minimum Gasteiger partial charge on any atom is -0.456 e. The van der Waals surface area contributed by atoms with Crippen molar-refractivity contribution in [2.24, 2.45) is 0 Å². The number of hydrogen-bond donors (Lipinski definition) is 0. The predicted molar refractivity (Wildman–Crippen MR) is 234 cm³/mol. The monoisotopic (exact) mass is 715 g/mol. The van der Waals surface area contributed by atoms with Gasteiger partial charge in [-0.2, -0.15) is 0 Å². The summed E-state index contributed by atoms with van der Waals surface area (Å²) in [5.74, 6) is 1.61. The van der Waals surface area contributed by atoms with Gasteiger partial charge in [0.15, 0.2) is 0 Å². The van der Waals surface area contributed by atoms with Crippen molar-refractivity contribution in [3.05, 3.63) is 224 Å². The number of rotatable bonds is 5. The van der Waals surface area contributed by atoms with Gasteiger partial charge in [0.2, 0.25) is 0 Å². The SMILES string of the molecule is c1ccc(-c2cc(-c3ccccc3)cc(N3c4ccccc4-c4ccccc4Oc4ccccc4-c4c(-c5ccccc5)cc(-c5ccccc5)cc43)c2)cc1. The van der Waals surface area contributed by atoms with Gasteiger partial charge in [0.05, 0.1) is 11.4 Å². The molecule has 0 bridgehead atoms. The van der Waals surface area contributed by atoms with E-state index in [1.165, 1.54) is 0 Å². The van der Waals surface area contributed by atoms with Crippen molar-refractivity contribution in [3.8, 4) is 78.3 Å². The standard InChI is InChI=1S/C54H37NO/c1-5-19-38(20-6-1)42-33-43(39-21-7-2-8-22-39)35-45(34-42)55-50-30-16-13-27-46(50)47-28-14-17-31-52(47)56-53-32-18-15-29-48(53)54-49(41-25-11-4-12-26-41)36-44(37-51(54)55)40-23-9-3-10-24-40/h1-37H. The van der Waals surface area contributed by atoms with Gasteiger partial charge in [-0.15, -0.1) is 0 Å². The Morgan fingerprint density at radius 1 is 0.268 bits per heavy atom. The molecule has 2 nitrogen and oxygen atoms in total. The molecule has 1 aliphatic heterocycles. The van der Waals surface area contributed by atoms with E-state index in [0.29, 0.717) is 0 Å². The van der Waals surface area contributed by atoms with Crippen LogP contribution < -0.4 is 9.64 Å². The van der Waals surface area contributed by atoms with Crippen LogP contribution in [0.1, 0.15) is 0 Å². The molecule has 0 amide bonds. The van der Waals surface area contributed by atoms with Crippen LogP contribution in [0.5, 0.6) is 11.5 Å². The molecule has 9 aromatic rings. The van der Waals surface area contributed by atoms with Crippen LogP contribution in [0.2, 0.25) is 0 Å². The topological polar surface area (TPSA) is 12.5 Å².